The van der Waals surface area contributed by atoms with Crippen LogP contribution in [0.5, 0.6) is 17.2 Å². The molecule has 0 aliphatic carbocycles. The lowest BCUT2D eigenvalue weighted by Crippen LogP contribution is -2.33. The summed E-state index contributed by atoms with van der Waals surface area (Å²) in [5, 5.41) is 6.84. The van der Waals surface area contributed by atoms with E-state index in [1.54, 1.807) is 20.3 Å². The Balaban J connectivity index is 1.59. The molecule has 0 saturated heterocycles. The van der Waals surface area contributed by atoms with Gasteiger partial charge in [-0.1, -0.05) is 28.1 Å². The van der Waals surface area contributed by atoms with Gasteiger partial charge in [-0.15, -0.1) is 0 Å². The van der Waals surface area contributed by atoms with Crippen molar-refractivity contribution in [1.29, 1.82) is 0 Å². The zero-order chi connectivity index (χ0) is 21.5. The maximum absolute atomic E-state index is 14.0. The summed E-state index contributed by atoms with van der Waals surface area (Å²) in [5.41, 5.74) is 3.61. The Morgan fingerprint density at radius 3 is 2.65 bits per heavy atom. The predicted octanol–water partition coefficient (Wildman–Crippen LogP) is 5.85. The third-order valence-electron chi connectivity index (χ3n) is 5.60. The van der Waals surface area contributed by atoms with Crippen LogP contribution in [0.4, 0.5) is 4.39 Å². The van der Waals surface area contributed by atoms with E-state index in [1.165, 1.54) is 12.1 Å². The molecule has 3 aromatic rings. The predicted molar refractivity (Wildman–Crippen MR) is 119 cm³/mol. The molecule has 2 unspecified atom stereocenters. The minimum Gasteiger partial charge on any atom is -0.493 e. The molecule has 7 heteroatoms. The maximum atomic E-state index is 14.0. The van der Waals surface area contributed by atoms with Crippen LogP contribution in [-0.2, 0) is 0 Å². The van der Waals surface area contributed by atoms with E-state index in [0.29, 0.717) is 17.9 Å². The van der Waals surface area contributed by atoms with Gasteiger partial charge in [-0.3, -0.25) is 0 Å². The van der Waals surface area contributed by atoms with Gasteiger partial charge in [0, 0.05) is 27.6 Å². The first-order valence-electron chi connectivity index (χ1n) is 9.87. The van der Waals surface area contributed by atoms with E-state index < -0.39 is 6.23 Å². The standard InChI is InChI=1S/C24H20BrFN2O3/c1-29-22-8-6-14(11-23(22)30-2)19-13-20-18-12-16(25)7-9-21(18)31-24(28(20)27-19)15-4-3-5-17(26)10-15/h3-12,20,24H,13H2,1-2H3. The zero-order valence-electron chi connectivity index (χ0n) is 17.0. The van der Waals surface area contributed by atoms with Crippen LogP contribution in [-0.4, -0.2) is 24.9 Å². The highest BCUT2D eigenvalue weighted by atomic mass is 79.9. The molecule has 0 aromatic heterocycles. The van der Waals surface area contributed by atoms with Gasteiger partial charge in [-0.05, 0) is 48.5 Å². The molecule has 158 valence electrons. The lowest BCUT2D eigenvalue weighted by atomic mass is 9.95. The largest absolute Gasteiger partial charge is 0.493 e. The number of benzene rings is 3. The number of hydrogen-bond donors (Lipinski definition) is 0. The van der Waals surface area contributed by atoms with Crippen molar-refractivity contribution < 1.29 is 18.6 Å². The van der Waals surface area contributed by atoms with Crippen molar-refractivity contribution in [3.05, 3.63) is 87.6 Å². The number of methoxy groups -OCH3 is 2. The molecule has 0 amide bonds. The number of rotatable bonds is 4. The zero-order valence-corrected chi connectivity index (χ0v) is 18.6. The number of halogens is 2. The Morgan fingerprint density at radius 1 is 1.03 bits per heavy atom. The smallest absolute Gasteiger partial charge is 0.213 e. The fourth-order valence-electron chi connectivity index (χ4n) is 4.13. The van der Waals surface area contributed by atoms with Crippen molar-refractivity contribution in [2.75, 3.05) is 14.2 Å². The number of nitrogens with zero attached hydrogens (tertiary/aromatic N) is 2. The first kappa shape index (κ1) is 19.9. The molecule has 0 N–H and O–H groups in total. The van der Waals surface area contributed by atoms with E-state index in [2.05, 4.69) is 22.0 Å². The maximum Gasteiger partial charge on any atom is 0.213 e. The molecule has 2 atom stereocenters. The van der Waals surface area contributed by atoms with Crippen LogP contribution < -0.4 is 14.2 Å². The second-order valence-corrected chi connectivity index (χ2v) is 8.34. The van der Waals surface area contributed by atoms with Gasteiger partial charge in [0.15, 0.2) is 11.5 Å². The van der Waals surface area contributed by atoms with Gasteiger partial charge in [-0.25, -0.2) is 9.40 Å². The first-order chi connectivity index (χ1) is 15.1. The van der Waals surface area contributed by atoms with Gasteiger partial charge in [0.05, 0.1) is 26.0 Å². The molecule has 0 fully saturated rings. The second kappa shape index (κ2) is 7.89. The summed E-state index contributed by atoms with van der Waals surface area (Å²) in [7, 11) is 3.23. The molecule has 2 heterocycles. The topological polar surface area (TPSA) is 43.3 Å². The van der Waals surface area contributed by atoms with Crippen molar-refractivity contribution in [1.82, 2.24) is 5.01 Å². The average molecular weight is 483 g/mol. The first-order valence-corrected chi connectivity index (χ1v) is 10.7. The molecular weight excluding hydrogens is 463 g/mol. The Hall–Kier alpha value is -3.06. The van der Waals surface area contributed by atoms with E-state index in [-0.39, 0.29) is 11.9 Å². The van der Waals surface area contributed by atoms with E-state index in [1.807, 2.05) is 41.4 Å². The third kappa shape index (κ3) is 3.53. The minimum atomic E-state index is -0.521. The summed E-state index contributed by atoms with van der Waals surface area (Å²) in [6, 6.07) is 18.2. The summed E-state index contributed by atoms with van der Waals surface area (Å²) in [4.78, 5) is 0. The molecule has 5 nitrogen and oxygen atoms in total. The molecular formula is C24H20BrFN2O3. The Morgan fingerprint density at radius 2 is 1.87 bits per heavy atom. The van der Waals surface area contributed by atoms with Crippen LogP contribution in [0, 0.1) is 5.82 Å². The van der Waals surface area contributed by atoms with Crippen LogP contribution in [0.3, 0.4) is 0 Å². The van der Waals surface area contributed by atoms with Crippen molar-refractivity contribution in [3.8, 4) is 17.2 Å². The highest BCUT2D eigenvalue weighted by Gasteiger charge is 2.41. The molecule has 0 bridgehead atoms. The van der Waals surface area contributed by atoms with E-state index in [9.17, 15) is 4.39 Å². The number of hydrazone groups is 1. The summed E-state index contributed by atoms with van der Waals surface area (Å²) in [6.07, 6.45) is 0.167. The van der Waals surface area contributed by atoms with Gasteiger partial charge >= 0.3 is 0 Å². The molecule has 31 heavy (non-hydrogen) atoms. The van der Waals surface area contributed by atoms with Gasteiger partial charge in [0.25, 0.3) is 0 Å². The fraction of sp³-hybridized carbons (Fsp3) is 0.208. The van der Waals surface area contributed by atoms with Gasteiger partial charge in [0.2, 0.25) is 6.23 Å². The highest BCUT2D eigenvalue weighted by molar-refractivity contribution is 9.10. The molecule has 3 aromatic carbocycles. The van der Waals surface area contributed by atoms with Crippen molar-refractivity contribution in [3.63, 3.8) is 0 Å². The Bertz CT molecular complexity index is 1180. The Kier molecular flexibility index (Phi) is 5.06. The SMILES string of the molecule is COc1ccc(C2=NN3C(C2)c2cc(Br)ccc2OC3c2cccc(F)c2)cc1OC. The number of fused-ring (bicyclic) bond motifs is 3. The lowest BCUT2D eigenvalue weighted by Gasteiger charge is -2.38. The average Bonchev–Trinajstić information content (AvgIpc) is 3.24. The summed E-state index contributed by atoms with van der Waals surface area (Å²) in [6.45, 7) is 0. The second-order valence-electron chi connectivity index (χ2n) is 7.42. The summed E-state index contributed by atoms with van der Waals surface area (Å²) in [5.74, 6) is 1.79. The molecule has 0 radical (unpaired) electrons. The van der Waals surface area contributed by atoms with Crippen LogP contribution >= 0.6 is 15.9 Å². The highest BCUT2D eigenvalue weighted by Crippen LogP contribution is 2.48. The quantitative estimate of drug-likeness (QED) is 0.467. The lowest BCUT2D eigenvalue weighted by molar-refractivity contribution is -0.0192. The van der Waals surface area contributed by atoms with Crippen LogP contribution in [0.2, 0.25) is 0 Å². The molecule has 0 spiro atoms. The minimum absolute atomic E-state index is 0.0300. The van der Waals surface area contributed by atoms with Crippen LogP contribution in [0.15, 0.2) is 70.2 Å². The van der Waals surface area contributed by atoms with E-state index in [4.69, 9.17) is 19.3 Å². The summed E-state index contributed by atoms with van der Waals surface area (Å²) < 4.78 is 32.1. The fourth-order valence-corrected chi connectivity index (χ4v) is 4.51. The molecule has 2 aliphatic heterocycles. The molecule has 2 aliphatic rings. The third-order valence-corrected chi connectivity index (χ3v) is 6.10. The number of hydrogen-bond acceptors (Lipinski definition) is 5. The van der Waals surface area contributed by atoms with Gasteiger partial charge < -0.3 is 14.2 Å². The van der Waals surface area contributed by atoms with E-state index in [0.717, 1.165) is 32.6 Å². The van der Waals surface area contributed by atoms with Crippen molar-refractivity contribution >= 4 is 21.6 Å². The van der Waals surface area contributed by atoms with E-state index >= 15 is 0 Å². The molecule has 0 saturated carbocycles. The van der Waals surface area contributed by atoms with Crippen LogP contribution in [0.25, 0.3) is 0 Å². The van der Waals surface area contributed by atoms with Crippen molar-refractivity contribution in [2.24, 2.45) is 5.10 Å². The Labute approximate surface area is 188 Å². The summed E-state index contributed by atoms with van der Waals surface area (Å²) >= 11 is 3.56. The normalized spacial score (nSPS) is 19.2. The monoisotopic (exact) mass is 482 g/mol. The molecule has 5 rings (SSSR count). The van der Waals surface area contributed by atoms with Crippen molar-refractivity contribution in [2.45, 2.75) is 18.7 Å². The van der Waals surface area contributed by atoms with Gasteiger partial charge in [-0.2, -0.15) is 5.10 Å². The number of ether oxygens (including phenoxy) is 3. The van der Waals surface area contributed by atoms with Gasteiger partial charge in [0.1, 0.15) is 11.6 Å². The van der Waals surface area contributed by atoms with Crippen LogP contribution in [0.1, 0.15) is 35.4 Å².